The maximum atomic E-state index is 11.7. The molecular formula is C9H14N2O4. The molecule has 1 saturated heterocycles. The van der Waals surface area contributed by atoms with E-state index in [1.165, 1.54) is 11.9 Å². The van der Waals surface area contributed by atoms with Gasteiger partial charge in [0.1, 0.15) is 12.6 Å². The minimum absolute atomic E-state index is 0.0229. The number of urea groups is 1. The summed E-state index contributed by atoms with van der Waals surface area (Å²) in [5.74, 6) is -1.64. The molecule has 6 heteroatoms. The highest BCUT2D eigenvalue weighted by molar-refractivity contribution is 6.05. The summed E-state index contributed by atoms with van der Waals surface area (Å²) in [6.45, 7) is 3.07. The summed E-state index contributed by atoms with van der Waals surface area (Å²) in [7, 11) is 1.51. The van der Waals surface area contributed by atoms with Gasteiger partial charge in [-0.15, -0.1) is 0 Å². The van der Waals surface area contributed by atoms with E-state index in [0.717, 1.165) is 4.90 Å². The van der Waals surface area contributed by atoms with E-state index < -0.39 is 30.5 Å². The van der Waals surface area contributed by atoms with Crippen molar-refractivity contribution in [3.63, 3.8) is 0 Å². The minimum Gasteiger partial charge on any atom is -0.480 e. The minimum atomic E-state index is -1.19. The van der Waals surface area contributed by atoms with E-state index in [9.17, 15) is 14.4 Å². The highest BCUT2D eigenvalue weighted by Crippen LogP contribution is 2.21. The fourth-order valence-corrected chi connectivity index (χ4v) is 1.74. The van der Waals surface area contributed by atoms with Crippen molar-refractivity contribution in [1.82, 2.24) is 9.80 Å². The first-order valence-electron chi connectivity index (χ1n) is 4.66. The van der Waals surface area contributed by atoms with Crippen LogP contribution in [0.5, 0.6) is 0 Å². The average molecular weight is 214 g/mol. The Hall–Kier alpha value is -1.59. The molecule has 15 heavy (non-hydrogen) atoms. The van der Waals surface area contributed by atoms with E-state index in [1.807, 2.05) is 13.8 Å². The lowest BCUT2D eigenvalue weighted by Gasteiger charge is -2.18. The van der Waals surface area contributed by atoms with Gasteiger partial charge in [0.15, 0.2) is 0 Å². The lowest BCUT2D eigenvalue weighted by Crippen LogP contribution is -2.37. The molecule has 0 aromatic carbocycles. The molecule has 1 unspecified atom stereocenters. The van der Waals surface area contributed by atoms with E-state index in [2.05, 4.69) is 0 Å². The molecule has 0 radical (unpaired) electrons. The van der Waals surface area contributed by atoms with Gasteiger partial charge in [-0.25, -0.2) is 4.79 Å². The van der Waals surface area contributed by atoms with Crippen LogP contribution in [0.25, 0.3) is 0 Å². The molecule has 0 aliphatic carbocycles. The third kappa shape index (κ3) is 1.93. The summed E-state index contributed by atoms with van der Waals surface area (Å²) < 4.78 is 0. The predicted octanol–water partition coefficient (Wildman–Crippen LogP) is -0.0104. The van der Waals surface area contributed by atoms with Gasteiger partial charge in [-0.1, -0.05) is 13.8 Å². The van der Waals surface area contributed by atoms with Crippen LogP contribution in [0.4, 0.5) is 4.79 Å². The monoisotopic (exact) mass is 214 g/mol. The predicted molar refractivity (Wildman–Crippen MR) is 51.1 cm³/mol. The molecule has 84 valence electrons. The summed E-state index contributed by atoms with van der Waals surface area (Å²) in [6, 6.07) is -1.09. The smallest absolute Gasteiger partial charge is 0.327 e. The quantitative estimate of drug-likeness (QED) is 0.670. The number of rotatable bonds is 3. The Morgan fingerprint density at radius 3 is 2.33 bits per heavy atom. The molecule has 1 fully saturated rings. The Labute approximate surface area is 87.5 Å². The van der Waals surface area contributed by atoms with Gasteiger partial charge < -0.3 is 10.0 Å². The first kappa shape index (κ1) is 11.5. The van der Waals surface area contributed by atoms with Crippen LogP contribution in [-0.2, 0) is 9.59 Å². The van der Waals surface area contributed by atoms with Crippen LogP contribution in [0, 0.1) is 5.92 Å². The molecule has 1 heterocycles. The van der Waals surface area contributed by atoms with Crippen LogP contribution >= 0.6 is 0 Å². The lowest BCUT2D eigenvalue weighted by atomic mass is 10.0. The van der Waals surface area contributed by atoms with Crippen molar-refractivity contribution < 1.29 is 19.5 Å². The summed E-state index contributed by atoms with van der Waals surface area (Å²) in [4.78, 5) is 35.8. The largest absolute Gasteiger partial charge is 0.480 e. The van der Waals surface area contributed by atoms with Crippen LogP contribution in [-0.4, -0.2) is 52.4 Å². The van der Waals surface area contributed by atoms with E-state index in [-0.39, 0.29) is 5.92 Å². The SMILES string of the molecule is CC(C)C1C(=O)N(CC(=O)O)C(=O)N1C. The normalized spacial score (nSPS) is 21.7. The molecule has 0 aromatic heterocycles. The van der Waals surface area contributed by atoms with Crippen LogP contribution in [0.2, 0.25) is 0 Å². The number of carbonyl (C=O) groups is 3. The summed E-state index contributed by atoms with van der Waals surface area (Å²) in [5, 5.41) is 8.56. The van der Waals surface area contributed by atoms with Gasteiger partial charge in [0.25, 0.3) is 5.91 Å². The molecular weight excluding hydrogens is 200 g/mol. The van der Waals surface area contributed by atoms with Crippen LogP contribution in [0.1, 0.15) is 13.8 Å². The van der Waals surface area contributed by atoms with E-state index >= 15 is 0 Å². The van der Waals surface area contributed by atoms with Gasteiger partial charge in [0, 0.05) is 7.05 Å². The number of nitrogens with zero attached hydrogens (tertiary/aromatic N) is 2. The molecule has 1 rings (SSSR count). The Kier molecular flexibility index (Phi) is 2.97. The van der Waals surface area contributed by atoms with Gasteiger partial charge in [-0.2, -0.15) is 0 Å². The van der Waals surface area contributed by atoms with Gasteiger partial charge in [0.05, 0.1) is 0 Å². The molecule has 0 bridgehead atoms. The topological polar surface area (TPSA) is 77.9 Å². The van der Waals surface area contributed by atoms with Crippen molar-refractivity contribution in [1.29, 1.82) is 0 Å². The standard InChI is InChI=1S/C9H14N2O4/c1-5(2)7-8(14)11(4-6(12)13)9(15)10(7)3/h5,7H,4H2,1-3H3,(H,12,13). The third-order valence-corrected chi connectivity index (χ3v) is 2.39. The zero-order valence-electron chi connectivity index (χ0n) is 8.93. The van der Waals surface area contributed by atoms with Crippen LogP contribution < -0.4 is 0 Å². The summed E-state index contributed by atoms with van der Waals surface area (Å²) >= 11 is 0. The second-order valence-electron chi connectivity index (χ2n) is 3.90. The molecule has 1 aliphatic heterocycles. The molecule has 0 aromatic rings. The number of aliphatic carboxylic acids is 1. The van der Waals surface area contributed by atoms with Crippen molar-refractivity contribution in [3.8, 4) is 0 Å². The van der Waals surface area contributed by atoms with Gasteiger partial charge in [-0.05, 0) is 5.92 Å². The van der Waals surface area contributed by atoms with E-state index in [0.29, 0.717) is 0 Å². The Morgan fingerprint density at radius 1 is 1.47 bits per heavy atom. The third-order valence-electron chi connectivity index (χ3n) is 2.39. The van der Waals surface area contributed by atoms with Crippen molar-refractivity contribution >= 4 is 17.9 Å². The maximum Gasteiger partial charge on any atom is 0.327 e. The molecule has 0 spiro atoms. The number of carboxylic acids is 1. The fourth-order valence-electron chi connectivity index (χ4n) is 1.74. The highest BCUT2D eigenvalue weighted by Gasteiger charge is 2.44. The fraction of sp³-hybridized carbons (Fsp3) is 0.667. The van der Waals surface area contributed by atoms with Gasteiger partial charge >= 0.3 is 12.0 Å². The molecule has 1 aliphatic rings. The molecule has 6 nitrogen and oxygen atoms in total. The molecule has 0 saturated carbocycles. The Balaban J connectivity index is 2.90. The number of hydrogen-bond donors (Lipinski definition) is 1. The van der Waals surface area contributed by atoms with Crippen molar-refractivity contribution in [2.24, 2.45) is 5.92 Å². The zero-order valence-corrected chi connectivity index (χ0v) is 8.93. The number of imide groups is 1. The number of likely N-dealkylation sites (N-methyl/N-ethyl adjacent to an activating group) is 1. The van der Waals surface area contributed by atoms with Crippen LogP contribution in [0.15, 0.2) is 0 Å². The zero-order chi connectivity index (χ0) is 11.7. The number of amides is 3. The average Bonchev–Trinajstić information content (AvgIpc) is 2.29. The summed E-state index contributed by atoms with van der Waals surface area (Å²) in [6.07, 6.45) is 0. The van der Waals surface area contributed by atoms with E-state index in [4.69, 9.17) is 5.11 Å². The molecule has 1 atom stereocenters. The highest BCUT2D eigenvalue weighted by atomic mass is 16.4. The first-order valence-corrected chi connectivity index (χ1v) is 4.66. The number of hydrogen-bond acceptors (Lipinski definition) is 3. The number of carbonyl (C=O) groups excluding carboxylic acids is 2. The van der Waals surface area contributed by atoms with Gasteiger partial charge in [0.2, 0.25) is 0 Å². The van der Waals surface area contributed by atoms with Crippen molar-refractivity contribution in [2.75, 3.05) is 13.6 Å². The molecule has 3 amide bonds. The second-order valence-corrected chi connectivity index (χ2v) is 3.90. The Bertz CT molecular complexity index is 313. The molecule has 1 N–H and O–H groups in total. The number of carboxylic acid groups (broad SMARTS) is 1. The van der Waals surface area contributed by atoms with E-state index in [1.54, 1.807) is 0 Å². The lowest BCUT2D eigenvalue weighted by molar-refractivity contribution is -0.142. The second kappa shape index (κ2) is 3.88. The maximum absolute atomic E-state index is 11.7. The summed E-state index contributed by atoms with van der Waals surface area (Å²) in [5.41, 5.74) is 0. The van der Waals surface area contributed by atoms with Crippen molar-refractivity contribution in [2.45, 2.75) is 19.9 Å². The van der Waals surface area contributed by atoms with Crippen LogP contribution in [0.3, 0.4) is 0 Å². The Morgan fingerprint density at radius 2 is 2.00 bits per heavy atom. The van der Waals surface area contributed by atoms with Crippen molar-refractivity contribution in [3.05, 3.63) is 0 Å². The van der Waals surface area contributed by atoms with Gasteiger partial charge in [-0.3, -0.25) is 14.5 Å². The first-order chi connectivity index (χ1) is 6.86.